The standard InChI is InChI=1S/C40H45NO8/c1-3-44-39(42)34-24-40(49-41(34)2)38(47-28-33-22-14-7-15-23-33)37(46-27-32-20-12-6-13-21-32)36(45-26-31-18-10-5-11-19-31)35(48-40)29-43-25-30-16-8-4-9-17-30/h4-23,34-38H,3,24-29H2,1-2H3/t34-,35?,36+,37+,38-,40-/m1/s1. The maximum absolute atomic E-state index is 13.2. The molecule has 2 aliphatic heterocycles. The number of esters is 1. The Morgan fingerprint density at radius 3 is 1.67 bits per heavy atom. The Morgan fingerprint density at radius 1 is 0.694 bits per heavy atom. The van der Waals surface area contributed by atoms with Gasteiger partial charge in [0.05, 0.1) is 39.6 Å². The highest BCUT2D eigenvalue weighted by Crippen LogP contribution is 2.45. The normalized spacial score (nSPS) is 25.4. The largest absolute Gasteiger partial charge is 0.465 e. The molecule has 0 aliphatic carbocycles. The van der Waals surface area contributed by atoms with Gasteiger partial charge in [-0.3, -0.25) is 9.63 Å². The summed E-state index contributed by atoms with van der Waals surface area (Å²) in [5, 5.41) is 1.51. The van der Waals surface area contributed by atoms with Crippen LogP contribution < -0.4 is 0 Å². The molecule has 49 heavy (non-hydrogen) atoms. The maximum atomic E-state index is 13.2. The number of hydrogen-bond donors (Lipinski definition) is 0. The van der Waals surface area contributed by atoms with E-state index in [0.717, 1.165) is 22.3 Å². The van der Waals surface area contributed by atoms with Gasteiger partial charge in [-0.05, 0) is 29.2 Å². The monoisotopic (exact) mass is 667 g/mol. The van der Waals surface area contributed by atoms with Gasteiger partial charge in [-0.25, -0.2) is 0 Å². The Labute approximate surface area is 288 Å². The summed E-state index contributed by atoms with van der Waals surface area (Å²) >= 11 is 0. The third-order valence-corrected chi connectivity index (χ3v) is 8.78. The molecule has 0 amide bonds. The topological polar surface area (TPSA) is 84.9 Å². The molecule has 0 radical (unpaired) electrons. The molecule has 6 rings (SSSR count). The number of rotatable bonds is 15. The van der Waals surface area contributed by atoms with Crippen molar-refractivity contribution in [1.29, 1.82) is 0 Å². The van der Waals surface area contributed by atoms with E-state index in [2.05, 4.69) is 0 Å². The minimum atomic E-state index is -1.41. The molecule has 2 saturated heterocycles. The highest BCUT2D eigenvalue weighted by Gasteiger charge is 2.63. The van der Waals surface area contributed by atoms with Gasteiger partial charge in [-0.15, -0.1) is 0 Å². The van der Waals surface area contributed by atoms with Gasteiger partial charge in [-0.1, -0.05) is 121 Å². The molecule has 9 nitrogen and oxygen atoms in total. The first kappa shape index (κ1) is 34.9. The Balaban J connectivity index is 1.36. The summed E-state index contributed by atoms with van der Waals surface area (Å²) in [4.78, 5) is 19.7. The van der Waals surface area contributed by atoms with Crippen molar-refractivity contribution >= 4 is 5.97 Å². The lowest BCUT2D eigenvalue weighted by atomic mass is 9.88. The summed E-state index contributed by atoms with van der Waals surface area (Å²) in [6.07, 6.45) is -2.58. The number of hydroxylamine groups is 2. The lowest BCUT2D eigenvalue weighted by molar-refractivity contribution is -0.404. The van der Waals surface area contributed by atoms with Gasteiger partial charge in [0.2, 0.25) is 5.79 Å². The summed E-state index contributed by atoms with van der Waals surface area (Å²) in [7, 11) is 1.71. The molecule has 1 spiro atoms. The first-order valence-corrected chi connectivity index (χ1v) is 16.9. The van der Waals surface area contributed by atoms with Crippen molar-refractivity contribution < 1.29 is 38.1 Å². The van der Waals surface area contributed by atoms with E-state index in [0.29, 0.717) is 19.8 Å². The first-order valence-electron chi connectivity index (χ1n) is 16.9. The fraction of sp³-hybridized carbons (Fsp3) is 0.375. The SMILES string of the molecule is CCOC(=O)[C@H]1C[C@@]2(OC(COCc3ccccc3)[C@H](OCc3ccccc3)[C@H](OCc3ccccc3)[C@H]2OCc2ccccc2)ON1C. The van der Waals surface area contributed by atoms with Crippen molar-refractivity contribution in [1.82, 2.24) is 5.06 Å². The smallest absolute Gasteiger partial charge is 0.325 e. The molecule has 9 heteroatoms. The summed E-state index contributed by atoms with van der Waals surface area (Å²) in [6, 6.07) is 39.1. The molecular weight excluding hydrogens is 622 g/mol. The van der Waals surface area contributed by atoms with E-state index in [9.17, 15) is 4.79 Å². The van der Waals surface area contributed by atoms with E-state index in [1.807, 2.05) is 121 Å². The predicted octanol–water partition coefficient (Wildman–Crippen LogP) is 6.25. The molecule has 0 saturated carbocycles. The van der Waals surface area contributed by atoms with Crippen LogP contribution in [0.15, 0.2) is 121 Å². The summed E-state index contributed by atoms with van der Waals surface area (Å²) < 4.78 is 39.0. The third kappa shape index (κ3) is 9.00. The number of carbonyl (C=O) groups is 1. The van der Waals surface area contributed by atoms with Gasteiger partial charge >= 0.3 is 5.97 Å². The van der Waals surface area contributed by atoms with Crippen LogP contribution in [0.2, 0.25) is 0 Å². The van der Waals surface area contributed by atoms with Crippen molar-refractivity contribution in [2.75, 3.05) is 20.3 Å². The highest BCUT2D eigenvalue weighted by atomic mass is 16.8. The van der Waals surface area contributed by atoms with Crippen LogP contribution in [0.1, 0.15) is 35.6 Å². The minimum absolute atomic E-state index is 0.160. The van der Waals surface area contributed by atoms with Gasteiger partial charge in [0.1, 0.15) is 30.5 Å². The van der Waals surface area contributed by atoms with Crippen LogP contribution in [0, 0.1) is 0 Å². The second-order valence-corrected chi connectivity index (χ2v) is 12.3. The Bertz CT molecular complexity index is 1560. The zero-order chi connectivity index (χ0) is 33.9. The van der Waals surface area contributed by atoms with E-state index >= 15 is 0 Å². The van der Waals surface area contributed by atoms with Crippen molar-refractivity contribution in [2.45, 2.75) is 76.0 Å². The number of carbonyl (C=O) groups excluding carboxylic acids is 1. The lowest BCUT2D eigenvalue weighted by Crippen LogP contribution is -2.67. The molecule has 0 aromatic heterocycles. The molecule has 2 fully saturated rings. The second kappa shape index (κ2) is 17.1. The number of ether oxygens (including phenoxy) is 6. The molecule has 4 aromatic carbocycles. The molecule has 1 unspecified atom stereocenters. The van der Waals surface area contributed by atoms with Crippen LogP contribution >= 0.6 is 0 Å². The Hall–Kier alpha value is -3.93. The first-order chi connectivity index (χ1) is 24.0. The quantitative estimate of drug-likeness (QED) is 0.137. The average molecular weight is 668 g/mol. The summed E-state index contributed by atoms with van der Waals surface area (Å²) in [6.45, 7) is 3.48. The lowest BCUT2D eigenvalue weighted by Gasteiger charge is -2.50. The van der Waals surface area contributed by atoms with Gasteiger partial charge in [0.25, 0.3) is 0 Å². The van der Waals surface area contributed by atoms with E-state index in [4.69, 9.17) is 33.3 Å². The van der Waals surface area contributed by atoms with E-state index < -0.39 is 42.2 Å². The number of nitrogens with zero attached hydrogens (tertiary/aromatic N) is 1. The van der Waals surface area contributed by atoms with Crippen LogP contribution in [0.3, 0.4) is 0 Å². The van der Waals surface area contributed by atoms with Crippen LogP contribution in [0.5, 0.6) is 0 Å². The fourth-order valence-corrected chi connectivity index (χ4v) is 6.37. The third-order valence-electron chi connectivity index (χ3n) is 8.78. The molecule has 258 valence electrons. The van der Waals surface area contributed by atoms with Gasteiger partial charge in [-0.2, -0.15) is 5.06 Å². The number of hydrogen-bond acceptors (Lipinski definition) is 9. The zero-order valence-corrected chi connectivity index (χ0v) is 28.1. The van der Waals surface area contributed by atoms with Crippen molar-refractivity contribution in [3.8, 4) is 0 Å². The molecule has 2 aliphatic rings. The molecule has 4 aromatic rings. The predicted molar refractivity (Wildman–Crippen MR) is 183 cm³/mol. The number of likely N-dealkylation sites (N-methyl/N-ethyl adjacent to an activating group) is 1. The summed E-state index contributed by atoms with van der Waals surface area (Å²) in [5.74, 6) is -1.80. The van der Waals surface area contributed by atoms with Crippen LogP contribution in [0.25, 0.3) is 0 Å². The minimum Gasteiger partial charge on any atom is -0.465 e. The van der Waals surface area contributed by atoms with Crippen LogP contribution in [-0.4, -0.2) is 67.5 Å². The van der Waals surface area contributed by atoms with E-state index in [1.54, 1.807) is 14.0 Å². The van der Waals surface area contributed by atoms with Gasteiger partial charge in [0, 0.05) is 13.5 Å². The van der Waals surface area contributed by atoms with Gasteiger partial charge < -0.3 is 28.4 Å². The molecule has 2 heterocycles. The Kier molecular flexibility index (Phi) is 12.2. The molecule has 6 atom stereocenters. The van der Waals surface area contributed by atoms with Crippen molar-refractivity contribution in [3.63, 3.8) is 0 Å². The molecule has 0 N–H and O–H groups in total. The highest BCUT2D eigenvalue weighted by molar-refractivity contribution is 5.76. The second-order valence-electron chi connectivity index (χ2n) is 12.3. The average Bonchev–Trinajstić information content (AvgIpc) is 3.47. The molecular formula is C40H45NO8. The van der Waals surface area contributed by atoms with E-state index in [1.165, 1.54) is 5.06 Å². The zero-order valence-electron chi connectivity index (χ0n) is 28.1. The van der Waals surface area contributed by atoms with Gasteiger partial charge in [0.15, 0.2) is 0 Å². The van der Waals surface area contributed by atoms with Crippen molar-refractivity contribution in [2.24, 2.45) is 0 Å². The maximum Gasteiger partial charge on any atom is 0.325 e. The van der Waals surface area contributed by atoms with Crippen LogP contribution in [0.4, 0.5) is 0 Å². The number of benzene rings is 4. The van der Waals surface area contributed by atoms with E-state index in [-0.39, 0.29) is 26.2 Å². The van der Waals surface area contributed by atoms with Crippen molar-refractivity contribution in [3.05, 3.63) is 144 Å². The fourth-order valence-electron chi connectivity index (χ4n) is 6.37. The summed E-state index contributed by atoms with van der Waals surface area (Å²) in [5.41, 5.74) is 4.02. The van der Waals surface area contributed by atoms with Crippen LogP contribution in [-0.2, 0) is 64.5 Å². The molecule has 0 bridgehead atoms. The Morgan fingerprint density at radius 2 is 1.16 bits per heavy atom.